The summed E-state index contributed by atoms with van der Waals surface area (Å²) in [5, 5.41) is 31.5. The maximum atomic E-state index is 7.88. The van der Waals surface area contributed by atoms with E-state index in [4.69, 9.17) is 20.4 Å². The summed E-state index contributed by atoms with van der Waals surface area (Å²) in [6.45, 7) is 9.00. The molecule has 0 spiro atoms. The van der Waals surface area contributed by atoms with E-state index in [1.165, 1.54) is 0 Å². The average molecular weight is 273 g/mol. The van der Waals surface area contributed by atoms with Crippen LogP contribution in [0.15, 0.2) is 0 Å². The first kappa shape index (κ1) is 30.3. The Hall–Kier alpha value is 0.0569. The SMILES string of the molecule is CCCO.CCCO.CCCO.CCCO.[SiH4]. The van der Waals surface area contributed by atoms with Gasteiger partial charge in [0.2, 0.25) is 0 Å². The Kier molecular flexibility index (Phi) is 99.8. The van der Waals surface area contributed by atoms with Gasteiger partial charge in [0, 0.05) is 26.4 Å². The van der Waals surface area contributed by atoms with Crippen molar-refractivity contribution in [3.05, 3.63) is 0 Å². The van der Waals surface area contributed by atoms with E-state index in [0.29, 0.717) is 26.4 Å². The molecule has 5 heteroatoms. The zero-order chi connectivity index (χ0) is 13.7. The summed E-state index contributed by atoms with van der Waals surface area (Å²) in [4.78, 5) is 0. The van der Waals surface area contributed by atoms with Crippen molar-refractivity contribution in [3.63, 3.8) is 0 Å². The van der Waals surface area contributed by atoms with E-state index in [0.717, 1.165) is 25.7 Å². The van der Waals surface area contributed by atoms with Crippen molar-refractivity contribution in [1.82, 2.24) is 0 Å². The molecule has 0 aliphatic heterocycles. The first-order valence-electron chi connectivity index (χ1n) is 6.09. The Morgan fingerprint density at radius 2 is 0.529 bits per heavy atom. The molecule has 0 atom stereocenters. The molecule has 0 aromatic carbocycles. The highest BCUT2D eigenvalue weighted by Crippen LogP contribution is 1.62. The molecule has 0 fully saturated rings. The molecular formula is C12H36O4Si. The third kappa shape index (κ3) is 193. The lowest BCUT2D eigenvalue weighted by Crippen LogP contribution is -1.69. The molecule has 112 valence electrons. The van der Waals surface area contributed by atoms with Crippen molar-refractivity contribution in [2.45, 2.75) is 53.4 Å². The fraction of sp³-hybridized carbons (Fsp3) is 1.00. The molecule has 0 saturated carbocycles. The van der Waals surface area contributed by atoms with Gasteiger partial charge in [0.25, 0.3) is 0 Å². The van der Waals surface area contributed by atoms with Crippen molar-refractivity contribution >= 4 is 11.0 Å². The molecule has 4 nitrogen and oxygen atoms in total. The van der Waals surface area contributed by atoms with Crippen LogP contribution in [0.1, 0.15) is 53.4 Å². The predicted molar refractivity (Wildman–Crippen MR) is 80.8 cm³/mol. The van der Waals surface area contributed by atoms with Crippen molar-refractivity contribution in [2.75, 3.05) is 26.4 Å². The molecule has 0 unspecified atom stereocenters. The van der Waals surface area contributed by atoms with Gasteiger partial charge in [-0.15, -0.1) is 0 Å². The molecule has 0 bridgehead atoms. The minimum Gasteiger partial charge on any atom is -0.396 e. The average Bonchev–Trinajstić information content (AvgIpc) is 2.39. The molecule has 0 aromatic heterocycles. The summed E-state index contributed by atoms with van der Waals surface area (Å²) in [5.41, 5.74) is 0. The van der Waals surface area contributed by atoms with E-state index < -0.39 is 0 Å². The summed E-state index contributed by atoms with van der Waals surface area (Å²) in [6.07, 6.45) is 3.50. The third-order valence-corrected chi connectivity index (χ3v) is 0.894. The van der Waals surface area contributed by atoms with Crippen LogP contribution in [-0.2, 0) is 0 Å². The van der Waals surface area contributed by atoms with Crippen LogP contribution in [-0.4, -0.2) is 57.8 Å². The maximum Gasteiger partial charge on any atom is 0.0428 e. The largest absolute Gasteiger partial charge is 0.396 e. The van der Waals surface area contributed by atoms with Crippen LogP contribution in [0.5, 0.6) is 0 Å². The second-order valence-electron chi connectivity index (χ2n) is 2.89. The summed E-state index contributed by atoms with van der Waals surface area (Å²) in [6, 6.07) is 0. The van der Waals surface area contributed by atoms with Gasteiger partial charge in [0.1, 0.15) is 0 Å². The van der Waals surface area contributed by atoms with Crippen molar-refractivity contribution < 1.29 is 20.4 Å². The fourth-order valence-corrected chi connectivity index (χ4v) is 0. The zero-order valence-corrected chi connectivity index (χ0v) is 11.4. The van der Waals surface area contributed by atoms with Gasteiger partial charge < -0.3 is 20.4 Å². The molecule has 4 N–H and O–H groups in total. The van der Waals surface area contributed by atoms with Gasteiger partial charge in [-0.3, -0.25) is 0 Å². The van der Waals surface area contributed by atoms with Crippen molar-refractivity contribution in [1.29, 1.82) is 0 Å². The van der Waals surface area contributed by atoms with Crippen LogP contribution < -0.4 is 0 Å². The van der Waals surface area contributed by atoms with Crippen LogP contribution in [0.3, 0.4) is 0 Å². The first-order valence-corrected chi connectivity index (χ1v) is 6.09. The third-order valence-electron chi connectivity index (χ3n) is 0.894. The highest BCUT2D eigenvalue weighted by atomic mass is 28.1. The maximum absolute atomic E-state index is 7.88. The van der Waals surface area contributed by atoms with Gasteiger partial charge in [-0.25, -0.2) is 0 Å². The smallest absolute Gasteiger partial charge is 0.0428 e. The first-order chi connectivity index (χ1) is 7.66. The van der Waals surface area contributed by atoms with E-state index >= 15 is 0 Å². The number of rotatable bonds is 4. The molecule has 0 aliphatic rings. The molecule has 0 aromatic rings. The summed E-state index contributed by atoms with van der Waals surface area (Å²) in [5.74, 6) is 0. The number of aliphatic hydroxyl groups is 4. The van der Waals surface area contributed by atoms with Gasteiger partial charge in [0.05, 0.1) is 0 Å². The molecule has 0 radical (unpaired) electrons. The van der Waals surface area contributed by atoms with Crippen LogP contribution in [0.4, 0.5) is 0 Å². The Bertz CT molecular complexity index is 42.5. The Morgan fingerprint density at radius 1 is 0.471 bits per heavy atom. The lowest BCUT2D eigenvalue weighted by atomic mass is 10.5. The van der Waals surface area contributed by atoms with Crippen LogP contribution in [0.2, 0.25) is 0 Å². The van der Waals surface area contributed by atoms with Gasteiger partial charge in [-0.05, 0) is 36.6 Å². The highest BCUT2D eigenvalue weighted by molar-refractivity contribution is 5.75. The van der Waals surface area contributed by atoms with E-state index in [1.54, 1.807) is 0 Å². The van der Waals surface area contributed by atoms with Crippen molar-refractivity contribution in [3.8, 4) is 0 Å². The molecule has 17 heavy (non-hydrogen) atoms. The quantitative estimate of drug-likeness (QED) is 0.547. The molecule has 0 aliphatic carbocycles. The Morgan fingerprint density at radius 3 is 0.529 bits per heavy atom. The van der Waals surface area contributed by atoms with E-state index in [2.05, 4.69) is 0 Å². The van der Waals surface area contributed by atoms with Gasteiger partial charge in [0.15, 0.2) is 0 Å². The van der Waals surface area contributed by atoms with Crippen LogP contribution in [0.25, 0.3) is 0 Å². The lowest BCUT2D eigenvalue weighted by molar-refractivity contribution is 0.294. The van der Waals surface area contributed by atoms with Gasteiger partial charge >= 0.3 is 0 Å². The van der Waals surface area contributed by atoms with Crippen molar-refractivity contribution in [2.24, 2.45) is 0 Å². The summed E-state index contributed by atoms with van der Waals surface area (Å²) < 4.78 is 0. The lowest BCUT2D eigenvalue weighted by Gasteiger charge is -1.69. The minimum absolute atomic E-state index is 0. The van der Waals surface area contributed by atoms with Gasteiger partial charge in [-0.1, -0.05) is 27.7 Å². The fourth-order valence-electron chi connectivity index (χ4n) is 0. The molecule has 0 amide bonds. The topological polar surface area (TPSA) is 80.9 Å². The number of aliphatic hydroxyl groups excluding tert-OH is 4. The van der Waals surface area contributed by atoms with E-state index in [-0.39, 0.29) is 11.0 Å². The predicted octanol–water partition coefficient (Wildman–Crippen LogP) is 0.103. The summed E-state index contributed by atoms with van der Waals surface area (Å²) in [7, 11) is 0. The van der Waals surface area contributed by atoms with Crippen LogP contribution in [0, 0.1) is 0 Å². The number of hydrogen-bond donors (Lipinski definition) is 4. The normalized spacial score (nSPS) is 7.06. The molecule has 0 heterocycles. The Labute approximate surface area is 112 Å². The second-order valence-corrected chi connectivity index (χ2v) is 2.89. The molecule has 0 saturated heterocycles. The van der Waals surface area contributed by atoms with E-state index in [1.807, 2.05) is 27.7 Å². The molecular weight excluding hydrogens is 236 g/mol. The highest BCUT2D eigenvalue weighted by Gasteiger charge is 1.58. The van der Waals surface area contributed by atoms with Crippen LogP contribution >= 0.6 is 0 Å². The molecule has 0 rings (SSSR count). The standard InChI is InChI=1S/4C3H8O.H4Si/c4*1-2-3-4;/h4*4H,2-3H2,1H3;1H4. The van der Waals surface area contributed by atoms with Gasteiger partial charge in [-0.2, -0.15) is 0 Å². The monoisotopic (exact) mass is 272 g/mol. The zero-order valence-electron chi connectivity index (χ0n) is 11.4. The van der Waals surface area contributed by atoms with E-state index in [9.17, 15) is 0 Å². The Balaban J connectivity index is -0.0000000369. The minimum atomic E-state index is 0. The number of hydrogen-bond acceptors (Lipinski definition) is 4. The summed E-state index contributed by atoms with van der Waals surface area (Å²) >= 11 is 0. The second kappa shape index (κ2) is 56.1.